The summed E-state index contributed by atoms with van der Waals surface area (Å²) < 4.78 is 67.0. The maximum absolute atomic E-state index is 10.8. The van der Waals surface area contributed by atoms with Crippen LogP contribution in [0.5, 0.6) is 0 Å². The molecule has 0 aliphatic heterocycles. The summed E-state index contributed by atoms with van der Waals surface area (Å²) in [6, 6.07) is 0. The van der Waals surface area contributed by atoms with Gasteiger partial charge in [-0.05, 0) is 0 Å². The number of rotatable bonds is 2. The van der Waals surface area contributed by atoms with Crippen molar-refractivity contribution in [3.8, 4) is 0 Å². The molecule has 0 fully saturated rings. The summed E-state index contributed by atoms with van der Waals surface area (Å²) in [5, 5.41) is 0. The first-order chi connectivity index (χ1) is 3.71. The Kier molecular flexibility index (Phi) is 3.27. The van der Waals surface area contributed by atoms with Gasteiger partial charge in [0.25, 0.3) is 0 Å². The molecule has 0 spiro atoms. The molecule has 0 saturated carbocycles. The van der Waals surface area contributed by atoms with E-state index in [1.807, 2.05) is 1.40 Å². The summed E-state index contributed by atoms with van der Waals surface area (Å²) in [4.78, 5) is 0. The van der Waals surface area contributed by atoms with E-state index in [0.29, 0.717) is 0 Å². The van der Waals surface area contributed by atoms with Crippen LogP contribution in [0.3, 0.4) is 0 Å². The quantitative estimate of drug-likeness (QED) is 0.512. The van der Waals surface area contributed by atoms with E-state index in [1.165, 1.54) is 0 Å². The Balaban J connectivity index is 3.75. The Morgan fingerprint density at radius 2 is 0.889 bits per heavy atom. The van der Waals surface area contributed by atoms with Crippen LogP contribution in [0.4, 0.5) is 17.2 Å². The topological polar surface area (TPSA) is 9.23 Å². The number of hydrogen-bond acceptors (Lipinski definition) is 1. The van der Waals surface area contributed by atoms with Gasteiger partial charge in [0.2, 0.25) is 0 Å². The van der Waals surface area contributed by atoms with Gasteiger partial charge in [-0.1, -0.05) is 0 Å². The monoisotopic (exact) mass is 384 g/mol. The van der Waals surface area contributed by atoms with Gasteiger partial charge in [0.1, 0.15) is 0 Å². The Hall–Kier alpha value is 1.000. The maximum atomic E-state index is 10.8. The van der Waals surface area contributed by atoms with Gasteiger partial charge in [-0.2, -0.15) is 0 Å². The Bertz CT molecular complexity index is 76.2. The van der Waals surface area contributed by atoms with E-state index in [0.717, 1.165) is 0 Å². The second kappa shape index (κ2) is 2.94. The van der Waals surface area contributed by atoms with Gasteiger partial charge >= 0.3 is 59.7 Å². The standard InChI is InChI=1S/F6I2O/c1-7(2,3)9-8(4,5)6. The van der Waals surface area contributed by atoms with Crippen LogP contribution in [0, 0.1) is 0 Å². The van der Waals surface area contributed by atoms with Gasteiger partial charge in [0.05, 0.1) is 0 Å². The zero-order chi connectivity index (χ0) is 7.71. The molecule has 0 bridgehead atoms. The van der Waals surface area contributed by atoms with E-state index in [9.17, 15) is 17.2 Å². The van der Waals surface area contributed by atoms with E-state index in [1.54, 1.807) is 0 Å². The molecule has 0 amide bonds. The average molecular weight is 384 g/mol. The third-order valence-electron chi connectivity index (χ3n) is 0.132. The molecule has 62 valence electrons. The van der Waals surface area contributed by atoms with Gasteiger partial charge in [-0.3, -0.25) is 0 Å². The Morgan fingerprint density at radius 1 is 0.667 bits per heavy atom. The molecule has 0 heterocycles. The zero-order valence-corrected chi connectivity index (χ0v) is 7.75. The molecule has 0 aromatic rings. The fourth-order valence-electron chi connectivity index (χ4n) is 0.0750. The third kappa shape index (κ3) is 9.00. The van der Waals surface area contributed by atoms with Crippen molar-refractivity contribution in [3.05, 3.63) is 0 Å². The fraction of sp³-hybridized carbons (Fsp3) is 0. The Morgan fingerprint density at radius 3 is 0.889 bits per heavy atom. The van der Waals surface area contributed by atoms with Crippen LogP contribution in [0.25, 0.3) is 0 Å². The van der Waals surface area contributed by atoms with Crippen molar-refractivity contribution in [1.29, 1.82) is 0 Å². The second-order valence-corrected chi connectivity index (χ2v) is 7.15. The average Bonchev–Trinajstić information content (AvgIpc) is 1.14. The number of hydrogen-bond donors (Lipinski definition) is 0. The van der Waals surface area contributed by atoms with Crippen molar-refractivity contribution in [2.75, 3.05) is 0 Å². The predicted octanol–water partition coefficient (Wildman–Crippen LogP) is 4.22. The first kappa shape index (κ1) is 10.0. The summed E-state index contributed by atoms with van der Waals surface area (Å²) in [6.45, 7) is 0. The van der Waals surface area contributed by atoms with Crippen LogP contribution < -0.4 is 0 Å². The van der Waals surface area contributed by atoms with Crippen molar-refractivity contribution in [3.63, 3.8) is 0 Å². The molecule has 0 atom stereocenters. The molecule has 0 unspecified atom stereocenters. The van der Waals surface area contributed by atoms with E-state index in [-0.39, 0.29) is 0 Å². The first-order valence-electron chi connectivity index (χ1n) is 1.17. The van der Waals surface area contributed by atoms with E-state index in [4.69, 9.17) is 0 Å². The SMILES string of the molecule is F[I](F)(F)O[I](F)(F)F. The van der Waals surface area contributed by atoms with Crippen LogP contribution in [-0.4, -0.2) is 0 Å². The normalized spacial score (nSPS) is 17.6. The molecular formula is F6I2O. The molecule has 9 heteroatoms. The van der Waals surface area contributed by atoms with Crippen LogP contribution in [0.2, 0.25) is 0 Å². The van der Waals surface area contributed by atoms with Crippen LogP contribution in [0.1, 0.15) is 0 Å². The third-order valence-corrected chi connectivity index (χ3v) is 5.95. The summed E-state index contributed by atoms with van der Waals surface area (Å²) in [5.41, 5.74) is 0. The zero-order valence-electron chi connectivity index (χ0n) is 3.43. The molecule has 0 rings (SSSR count). The minimum atomic E-state index is -7.22. The molecule has 0 aliphatic carbocycles. The summed E-state index contributed by atoms with van der Waals surface area (Å²) in [6.07, 6.45) is 0. The van der Waals surface area contributed by atoms with Gasteiger partial charge < -0.3 is 0 Å². The molecule has 2 radical (unpaired) electrons. The molecule has 0 N–H and O–H groups in total. The van der Waals surface area contributed by atoms with Gasteiger partial charge in [0.15, 0.2) is 0 Å². The second-order valence-electron chi connectivity index (χ2n) is 0.732. The predicted molar refractivity (Wildman–Crippen MR) is 35.8 cm³/mol. The van der Waals surface area contributed by atoms with Crippen molar-refractivity contribution in [2.24, 2.45) is 0 Å². The first-order valence-corrected chi connectivity index (χ1v) is 7.82. The van der Waals surface area contributed by atoms with Crippen LogP contribution in [0.15, 0.2) is 0 Å². The molecule has 0 aromatic carbocycles. The van der Waals surface area contributed by atoms with Gasteiger partial charge in [0, 0.05) is 0 Å². The molecule has 1 nitrogen and oxygen atoms in total. The molecule has 0 saturated heterocycles. The van der Waals surface area contributed by atoms with Gasteiger partial charge in [-0.25, -0.2) is 0 Å². The summed E-state index contributed by atoms with van der Waals surface area (Å²) in [7, 11) is 0. The molecular weight excluding hydrogens is 384 g/mol. The van der Waals surface area contributed by atoms with Crippen LogP contribution in [-0.2, 0) is 1.40 Å². The summed E-state index contributed by atoms with van der Waals surface area (Å²) >= 11 is -14.4. The van der Waals surface area contributed by atoms with Crippen molar-refractivity contribution >= 4 is 41.1 Å². The Labute approximate surface area is 59.5 Å². The van der Waals surface area contributed by atoms with E-state index >= 15 is 0 Å². The summed E-state index contributed by atoms with van der Waals surface area (Å²) in [5.74, 6) is 0. The molecule has 0 aliphatic rings. The molecule has 0 aromatic heterocycles. The minimum absolute atomic E-state index is 1.98. The van der Waals surface area contributed by atoms with Crippen molar-refractivity contribution in [1.82, 2.24) is 0 Å². The van der Waals surface area contributed by atoms with Crippen molar-refractivity contribution < 1.29 is 18.6 Å². The van der Waals surface area contributed by atoms with Crippen LogP contribution >= 0.6 is 41.1 Å². The van der Waals surface area contributed by atoms with Crippen molar-refractivity contribution in [2.45, 2.75) is 0 Å². The van der Waals surface area contributed by atoms with E-state index < -0.39 is 41.1 Å². The van der Waals surface area contributed by atoms with E-state index in [2.05, 4.69) is 0 Å². The van der Waals surface area contributed by atoms with Gasteiger partial charge in [-0.15, -0.1) is 0 Å². The molecule has 9 heavy (non-hydrogen) atoms. The number of halogens is 8. The fourth-order valence-corrected chi connectivity index (χ4v) is 3.37.